The third-order valence-corrected chi connectivity index (χ3v) is 4.86. The number of benzene rings is 1. The van der Waals surface area contributed by atoms with E-state index in [1.165, 1.54) is 5.01 Å². The molecule has 7 heteroatoms. The van der Waals surface area contributed by atoms with E-state index in [-0.39, 0.29) is 37.3 Å². The molecule has 2 rings (SSSR count). The number of rotatable bonds is 8. The molecule has 1 aliphatic rings. The van der Waals surface area contributed by atoms with Crippen molar-refractivity contribution in [1.82, 2.24) is 15.8 Å². The van der Waals surface area contributed by atoms with Crippen LogP contribution in [0.3, 0.4) is 0 Å². The van der Waals surface area contributed by atoms with Crippen LogP contribution in [0.15, 0.2) is 30.3 Å². The summed E-state index contributed by atoms with van der Waals surface area (Å²) in [5.41, 5.74) is 4.01. The summed E-state index contributed by atoms with van der Waals surface area (Å²) in [5.74, 6) is -0.00956. The number of hydrazine groups is 1. The largest absolute Gasteiger partial charge is 0.444 e. The number of nitrogens with one attached hydrogen (secondary N) is 2. The zero-order valence-corrected chi connectivity index (χ0v) is 17.1. The Balaban J connectivity index is 1.92. The molecule has 0 radical (unpaired) electrons. The highest BCUT2D eigenvalue weighted by atomic mass is 16.6. The van der Waals surface area contributed by atoms with E-state index in [1.54, 1.807) is 0 Å². The summed E-state index contributed by atoms with van der Waals surface area (Å²) in [6, 6.07) is 9.62. The van der Waals surface area contributed by atoms with Gasteiger partial charge < -0.3 is 20.0 Å². The predicted octanol–water partition coefficient (Wildman–Crippen LogP) is 2.25. The Hall–Kier alpha value is -1.96. The fourth-order valence-corrected chi connectivity index (χ4v) is 3.63. The molecule has 0 bridgehead atoms. The Morgan fingerprint density at radius 1 is 1.29 bits per heavy atom. The summed E-state index contributed by atoms with van der Waals surface area (Å²) in [6.45, 7) is 6.43. The van der Waals surface area contributed by atoms with Crippen molar-refractivity contribution in [1.29, 1.82) is 0 Å². The number of hydrogen-bond acceptors (Lipinski definition) is 6. The second kappa shape index (κ2) is 10.5. The SMILES string of the molecule is CC(C)(C)N[C@@H]1CC[C@H](NN(CC=O)C(=O)OCc2ccccc2)[C@H](CO)C1. The summed E-state index contributed by atoms with van der Waals surface area (Å²) in [6.07, 6.45) is 2.60. The van der Waals surface area contributed by atoms with Crippen LogP contribution >= 0.6 is 0 Å². The minimum Gasteiger partial charge on any atom is -0.444 e. The fraction of sp³-hybridized carbons (Fsp3) is 0.619. The number of carbonyl (C=O) groups is 2. The van der Waals surface area contributed by atoms with Crippen molar-refractivity contribution in [2.45, 2.75) is 64.3 Å². The molecular weight excluding hydrogens is 358 g/mol. The van der Waals surface area contributed by atoms with Crippen molar-refractivity contribution in [3.05, 3.63) is 35.9 Å². The van der Waals surface area contributed by atoms with Gasteiger partial charge in [-0.1, -0.05) is 30.3 Å². The number of aliphatic hydroxyl groups excluding tert-OH is 1. The van der Waals surface area contributed by atoms with Crippen molar-refractivity contribution in [3.8, 4) is 0 Å². The van der Waals surface area contributed by atoms with Gasteiger partial charge in [-0.3, -0.25) is 0 Å². The highest BCUT2D eigenvalue weighted by molar-refractivity contribution is 5.70. The van der Waals surface area contributed by atoms with Gasteiger partial charge in [-0.2, -0.15) is 0 Å². The molecule has 3 N–H and O–H groups in total. The van der Waals surface area contributed by atoms with Crippen molar-refractivity contribution in [3.63, 3.8) is 0 Å². The average Bonchev–Trinajstić information content (AvgIpc) is 2.66. The molecule has 3 atom stereocenters. The van der Waals surface area contributed by atoms with E-state index in [1.807, 2.05) is 30.3 Å². The van der Waals surface area contributed by atoms with Gasteiger partial charge in [0.25, 0.3) is 0 Å². The van der Waals surface area contributed by atoms with E-state index in [0.717, 1.165) is 24.8 Å². The first kappa shape index (κ1) is 22.3. The molecule has 0 aromatic heterocycles. The molecule has 28 heavy (non-hydrogen) atoms. The molecule has 7 nitrogen and oxygen atoms in total. The number of aliphatic hydroxyl groups is 1. The molecule has 0 heterocycles. The smallest absolute Gasteiger partial charge is 0.425 e. The summed E-state index contributed by atoms with van der Waals surface area (Å²) in [4.78, 5) is 23.5. The van der Waals surface area contributed by atoms with Gasteiger partial charge in [-0.15, -0.1) is 0 Å². The Bertz CT molecular complexity index is 618. The van der Waals surface area contributed by atoms with Gasteiger partial charge in [-0.25, -0.2) is 15.2 Å². The van der Waals surface area contributed by atoms with Gasteiger partial charge in [0.1, 0.15) is 12.9 Å². The lowest BCUT2D eigenvalue weighted by molar-refractivity contribution is -0.109. The van der Waals surface area contributed by atoms with Gasteiger partial charge in [0.15, 0.2) is 0 Å². The highest BCUT2D eigenvalue weighted by Crippen LogP contribution is 2.26. The highest BCUT2D eigenvalue weighted by Gasteiger charge is 2.33. The lowest BCUT2D eigenvalue weighted by atomic mass is 9.81. The maximum absolute atomic E-state index is 12.4. The monoisotopic (exact) mass is 391 g/mol. The summed E-state index contributed by atoms with van der Waals surface area (Å²) < 4.78 is 5.33. The van der Waals surface area contributed by atoms with Gasteiger partial charge in [-0.05, 0) is 45.6 Å². The molecule has 0 unspecified atom stereocenters. The summed E-state index contributed by atoms with van der Waals surface area (Å²) >= 11 is 0. The normalized spacial score (nSPS) is 22.5. The predicted molar refractivity (Wildman–Crippen MR) is 107 cm³/mol. The van der Waals surface area contributed by atoms with Crippen LogP contribution in [0.2, 0.25) is 0 Å². The van der Waals surface area contributed by atoms with E-state index >= 15 is 0 Å². The first-order chi connectivity index (χ1) is 13.3. The van der Waals surface area contributed by atoms with E-state index < -0.39 is 6.09 Å². The molecule has 1 amide bonds. The summed E-state index contributed by atoms with van der Waals surface area (Å²) in [7, 11) is 0. The maximum Gasteiger partial charge on any atom is 0.425 e. The summed E-state index contributed by atoms with van der Waals surface area (Å²) in [5, 5.41) is 14.6. The molecule has 1 fully saturated rings. The van der Waals surface area contributed by atoms with Crippen molar-refractivity contribution in [2.75, 3.05) is 13.2 Å². The molecule has 0 saturated heterocycles. The van der Waals surface area contributed by atoms with Gasteiger partial charge in [0.2, 0.25) is 0 Å². The molecule has 0 aliphatic heterocycles. The maximum atomic E-state index is 12.4. The van der Waals surface area contributed by atoms with E-state index in [4.69, 9.17) is 4.74 Å². The zero-order valence-electron chi connectivity index (χ0n) is 17.1. The first-order valence-electron chi connectivity index (χ1n) is 9.89. The Labute approximate surface area is 167 Å². The average molecular weight is 392 g/mol. The molecule has 1 aromatic rings. The quantitative estimate of drug-likeness (QED) is 0.465. The van der Waals surface area contributed by atoms with Crippen LogP contribution in [0.4, 0.5) is 4.79 Å². The second-order valence-corrected chi connectivity index (χ2v) is 8.40. The number of ether oxygens (including phenoxy) is 1. The van der Waals surface area contributed by atoms with Crippen LogP contribution in [0.5, 0.6) is 0 Å². The minimum absolute atomic E-state index is 0.00956. The second-order valence-electron chi connectivity index (χ2n) is 8.40. The molecule has 1 aromatic carbocycles. The number of hydrogen-bond donors (Lipinski definition) is 3. The van der Waals surface area contributed by atoms with E-state index in [9.17, 15) is 14.7 Å². The van der Waals surface area contributed by atoms with E-state index in [2.05, 4.69) is 31.5 Å². The Kier molecular flexibility index (Phi) is 8.41. The molecule has 0 spiro atoms. The van der Waals surface area contributed by atoms with Crippen molar-refractivity contribution >= 4 is 12.4 Å². The Morgan fingerprint density at radius 3 is 2.61 bits per heavy atom. The molecule has 1 saturated carbocycles. The van der Waals surface area contributed by atoms with Crippen LogP contribution in [0.1, 0.15) is 45.6 Å². The number of carbonyl (C=O) groups excluding carboxylic acids is 2. The standard InChI is InChI=1S/C21H33N3O4/c1-21(2,3)22-18-9-10-19(17(13-18)14-26)23-24(11-12-25)20(27)28-15-16-7-5-4-6-8-16/h4-8,12,17-19,22-23,26H,9-11,13-15H2,1-3H3/t17-,18+,19-/m0/s1. The van der Waals surface area contributed by atoms with Crippen LogP contribution < -0.4 is 10.7 Å². The van der Waals surface area contributed by atoms with Crippen LogP contribution in [0, 0.1) is 5.92 Å². The fourth-order valence-electron chi connectivity index (χ4n) is 3.63. The molecule has 156 valence electrons. The zero-order chi connectivity index (χ0) is 20.6. The number of nitrogens with zero attached hydrogens (tertiary/aromatic N) is 1. The first-order valence-corrected chi connectivity index (χ1v) is 9.89. The van der Waals surface area contributed by atoms with Gasteiger partial charge in [0, 0.05) is 30.1 Å². The van der Waals surface area contributed by atoms with E-state index in [0.29, 0.717) is 12.3 Å². The van der Waals surface area contributed by atoms with Crippen LogP contribution in [0.25, 0.3) is 0 Å². The number of aldehydes is 1. The minimum atomic E-state index is -0.595. The number of amides is 1. The lowest BCUT2D eigenvalue weighted by Crippen LogP contribution is -2.56. The molecular formula is C21H33N3O4. The third kappa shape index (κ3) is 7.22. The van der Waals surface area contributed by atoms with Gasteiger partial charge >= 0.3 is 6.09 Å². The molecule has 1 aliphatic carbocycles. The van der Waals surface area contributed by atoms with Crippen molar-refractivity contribution < 1.29 is 19.4 Å². The Morgan fingerprint density at radius 2 is 2.00 bits per heavy atom. The lowest BCUT2D eigenvalue weighted by Gasteiger charge is -2.40. The van der Waals surface area contributed by atoms with Gasteiger partial charge in [0.05, 0.1) is 6.54 Å². The van der Waals surface area contributed by atoms with Crippen molar-refractivity contribution in [2.24, 2.45) is 5.92 Å². The van der Waals surface area contributed by atoms with Crippen LogP contribution in [-0.2, 0) is 16.1 Å². The third-order valence-electron chi connectivity index (χ3n) is 4.86. The van der Waals surface area contributed by atoms with Crippen LogP contribution in [-0.4, -0.2) is 53.3 Å². The topological polar surface area (TPSA) is 90.9 Å².